The fraction of sp³-hybridized carbons (Fsp3) is 0.811. The minimum atomic E-state index is -1.79. The van der Waals surface area contributed by atoms with E-state index in [1.165, 1.54) is 12.8 Å². The number of hydrogen-bond acceptors (Lipinski definition) is 13. The van der Waals surface area contributed by atoms with E-state index < -0.39 is 86.8 Å². The van der Waals surface area contributed by atoms with Gasteiger partial charge in [-0.25, -0.2) is 0 Å². The van der Waals surface area contributed by atoms with Crippen LogP contribution in [-0.4, -0.2) is 140 Å². The third kappa shape index (κ3) is 16.0. The van der Waals surface area contributed by atoms with Crippen LogP contribution >= 0.6 is 0 Å². The molecule has 12 atom stereocenters. The van der Waals surface area contributed by atoms with E-state index in [-0.39, 0.29) is 18.9 Å². The third-order valence-corrected chi connectivity index (χ3v) is 9.05. The summed E-state index contributed by atoms with van der Waals surface area (Å²) in [6, 6.07) is -0.914. The molecule has 1 amide bonds. The Kier molecular flexibility index (Phi) is 23.2. The smallest absolute Gasteiger partial charge is 0.220 e. The van der Waals surface area contributed by atoms with E-state index in [4.69, 9.17) is 18.9 Å². The molecule has 2 aliphatic heterocycles. The van der Waals surface area contributed by atoms with Crippen LogP contribution in [-0.2, 0) is 23.7 Å². The highest BCUT2D eigenvalue weighted by Gasteiger charge is 2.50. The van der Waals surface area contributed by atoms with Crippen molar-refractivity contribution < 1.29 is 64.6 Å². The van der Waals surface area contributed by atoms with Crippen molar-refractivity contribution in [3.63, 3.8) is 0 Å². The summed E-state index contributed by atoms with van der Waals surface area (Å²) < 4.78 is 22.3. The second-order valence-electron chi connectivity index (χ2n) is 13.3. The number of carbonyl (C=O) groups is 1. The first-order valence-electron chi connectivity index (χ1n) is 18.7. The van der Waals surface area contributed by atoms with E-state index in [1.807, 2.05) is 6.92 Å². The summed E-state index contributed by atoms with van der Waals surface area (Å²) in [5.74, 6) is -0.271. The van der Waals surface area contributed by atoms with Crippen molar-refractivity contribution >= 4 is 5.91 Å². The molecular weight excluding hydrogens is 666 g/mol. The van der Waals surface area contributed by atoms with Crippen molar-refractivity contribution in [1.82, 2.24) is 5.32 Å². The maximum atomic E-state index is 12.9. The molecule has 0 aliphatic carbocycles. The molecule has 14 nitrogen and oxygen atoms in total. The molecule has 0 aromatic heterocycles. The Hall–Kier alpha value is -1.79. The topological polar surface area (TPSA) is 228 Å². The summed E-state index contributed by atoms with van der Waals surface area (Å²) in [7, 11) is 0. The molecule has 14 heteroatoms. The Bertz CT molecular complexity index is 1010. The fourth-order valence-corrected chi connectivity index (χ4v) is 5.84. The number of nitrogens with one attached hydrogen (secondary N) is 1. The van der Waals surface area contributed by atoms with Gasteiger partial charge in [0.15, 0.2) is 12.6 Å². The summed E-state index contributed by atoms with van der Waals surface area (Å²) >= 11 is 0. The number of hydrogen-bond donors (Lipinski definition) is 9. The van der Waals surface area contributed by atoms with Gasteiger partial charge in [-0.05, 0) is 38.5 Å². The maximum Gasteiger partial charge on any atom is 0.220 e. The Morgan fingerprint density at radius 1 is 0.706 bits per heavy atom. The number of unbranched alkanes of at least 4 members (excludes halogenated alkanes) is 8. The molecule has 2 heterocycles. The van der Waals surface area contributed by atoms with E-state index in [9.17, 15) is 45.6 Å². The molecule has 2 rings (SSSR count). The maximum absolute atomic E-state index is 12.9. The Labute approximate surface area is 302 Å². The van der Waals surface area contributed by atoms with Gasteiger partial charge >= 0.3 is 0 Å². The van der Waals surface area contributed by atoms with Crippen LogP contribution in [0.2, 0.25) is 0 Å². The predicted molar refractivity (Wildman–Crippen MR) is 189 cm³/mol. The number of aliphatic hydroxyl groups excluding tert-OH is 8. The molecule has 0 spiro atoms. The molecular formula is C37H65NO13. The first-order chi connectivity index (χ1) is 24.6. The number of allylic oxidation sites excluding steroid dienone is 5. The Morgan fingerprint density at radius 2 is 1.33 bits per heavy atom. The molecule has 51 heavy (non-hydrogen) atoms. The molecule has 0 radical (unpaired) electrons. The van der Waals surface area contributed by atoms with Gasteiger partial charge in [0.1, 0.15) is 48.8 Å². The Morgan fingerprint density at radius 3 is 2.00 bits per heavy atom. The van der Waals surface area contributed by atoms with Crippen LogP contribution in [0, 0.1) is 0 Å². The summed E-state index contributed by atoms with van der Waals surface area (Å²) in [6.07, 6.45) is 7.42. The van der Waals surface area contributed by atoms with Gasteiger partial charge in [-0.1, -0.05) is 88.8 Å². The molecule has 0 saturated carbocycles. The zero-order chi connectivity index (χ0) is 37.6. The lowest BCUT2D eigenvalue weighted by molar-refractivity contribution is -0.359. The third-order valence-electron chi connectivity index (χ3n) is 9.05. The molecule has 12 unspecified atom stereocenters. The van der Waals surface area contributed by atoms with Crippen LogP contribution in [0.3, 0.4) is 0 Å². The van der Waals surface area contributed by atoms with E-state index >= 15 is 0 Å². The van der Waals surface area contributed by atoms with Gasteiger partial charge in [0.05, 0.1) is 32.0 Å². The molecule has 0 bridgehead atoms. The van der Waals surface area contributed by atoms with Crippen LogP contribution in [0.5, 0.6) is 0 Å². The van der Waals surface area contributed by atoms with E-state index in [2.05, 4.69) is 36.5 Å². The van der Waals surface area contributed by atoms with Crippen molar-refractivity contribution in [2.45, 2.75) is 171 Å². The lowest BCUT2D eigenvalue weighted by atomic mass is 9.97. The summed E-state index contributed by atoms with van der Waals surface area (Å²) in [5, 5.41) is 85.3. The lowest BCUT2D eigenvalue weighted by Gasteiger charge is -2.46. The minimum absolute atomic E-state index is 0.261. The number of amides is 1. The average molecular weight is 732 g/mol. The second-order valence-corrected chi connectivity index (χ2v) is 13.3. The summed E-state index contributed by atoms with van der Waals surface area (Å²) in [4.78, 5) is 12.9. The molecule has 0 aromatic carbocycles. The van der Waals surface area contributed by atoms with Gasteiger partial charge < -0.3 is 65.1 Å². The minimum Gasteiger partial charge on any atom is -0.394 e. The number of rotatable bonds is 25. The van der Waals surface area contributed by atoms with Crippen molar-refractivity contribution in [2.75, 3.05) is 19.8 Å². The molecule has 2 aliphatic rings. The predicted octanol–water partition coefficient (Wildman–Crippen LogP) is 1.25. The molecule has 296 valence electrons. The van der Waals surface area contributed by atoms with Gasteiger partial charge in [0.2, 0.25) is 5.91 Å². The summed E-state index contributed by atoms with van der Waals surface area (Å²) in [6.45, 7) is 2.44. The van der Waals surface area contributed by atoms with Gasteiger partial charge in [0, 0.05) is 6.42 Å². The van der Waals surface area contributed by atoms with Crippen LogP contribution in [0.25, 0.3) is 0 Å². The molecule has 2 saturated heterocycles. The van der Waals surface area contributed by atoms with Crippen LogP contribution in [0.15, 0.2) is 36.5 Å². The number of aliphatic hydroxyl groups is 8. The first-order valence-corrected chi connectivity index (χ1v) is 18.7. The number of ether oxygens (including phenoxy) is 4. The molecule has 0 aromatic rings. The quantitative estimate of drug-likeness (QED) is 0.0477. The van der Waals surface area contributed by atoms with Crippen LogP contribution in [0.4, 0.5) is 0 Å². The van der Waals surface area contributed by atoms with Gasteiger partial charge in [-0.3, -0.25) is 4.79 Å². The summed E-state index contributed by atoms with van der Waals surface area (Å²) in [5.41, 5.74) is 0. The zero-order valence-electron chi connectivity index (χ0n) is 30.3. The average Bonchev–Trinajstić information content (AvgIpc) is 3.12. The van der Waals surface area contributed by atoms with Gasteiger partial charge in [0.25, 0.3) is 0 Å². The fourth-order valence-electron chi connectivity index (χ4n) is 5.84. The SMILES string of the molecule is CCC/C=C/C(O)C(COC1OC(CO)C(OC2OC(CO)C(O)C(O)C2O)C(O)C1O)NC(=O)CCCCCCC/C=C\C/C=C\CCCC. The van der Waals surface area contributed by atoms with Gasteiger partial charge in [-0.2, -0.15) is 0 Å². The van der Waals surface area contributed by atoms with Crippen molar-refractivity contribution in [2.24, 2.45) is 0 Å². The number of carbonyl (C=O) groups excluding carboxylic acids is 1. The van der Waals surface area contributed by atoms with Gasteiger partial charge in [-0.15, -0.1) is 0 Å². The monoisotopic (exact) mass is 731 g/mol. The highest BCUT2D eigenvalue weighted by Crippen LogP contribution is 2.29. The largest absolute Gasteiger partial charge is 0.394 e. The van der Waals surface area contributed by atoms with Crippen molar-refractivity contribution in [3.05, 3.63) is 36.5 Å². The first kappa shape index (κ1) is 45.4. The van der Waals surface area contributed by atoms with E-state index in [0.717, 1.165) is 57.8 Å². The van der Waals surface area contributed by atoms with Crippen molar-refractivity contribution in [1.29, 1.82) is 0 Å². The van der Waals surface area contributed by atoms with E-state index in [1.54, 1.807) is 12.2 Å². The standard InChI is InChI=1S/C37H65NO13/c1-3-5-7-8-9-10-11-12-13-14-15-16-17-19-21-29(42)38-25(26(41)20-18-6-4-2)24-48-36-34(47)32(45)35(28(23-40)50-36)51-37-33(46)31(44)30(43)27(22-39)49-37/h8-9,11-12,18,20,25-28,30-37,39-41,43-47H,3-7,10,13-17,19,21-24H2,1-2H3,(H,38,42)/b9-8-,12-11-,20-18+. The zero-order valence-corrected chi connectivity index (χ0v) is 30.3. The van der Waals surface area contributed by atoms with Crippen LogP contribution in [0.1, 0.15) is 97.3 Å². The van der Waals surface area contributed by atoms with E-state index in [0.29, 0.717) is 6.42 Å². The molecule has 2 fully saturated rings. The normalized spacial score (nSPS) is 31.5. The highest BCUT2D eigenvalue weighted by atomic mass is 16.7. The van der Waals surface area contributed by atoms with Crippen molar-refractivity contribution in [3.8, 4) is 0 Å². The highest BCUT2D eigenvalue weighted by molar-refractivity contribution is 5.76. The molecule has 9 N–H and O–H groups in total. The Balaban J connectivity index is 1.86. The second kappa shape index (κ2) is 26.1. The van der Waals surface area contributed by atoms with Crippen LogP contribution < -0.4 is 5.32 Å². The lowest BCUT2D eigenvalue weighted by Crippen LogP contribution is -2.65.